The van der Waals surface area contributed by atoms with Crippen molar-refractivity contribution < 1.29 is 5.11 Å². The standard InChI is InChI=1S/C15H16N2O2/c1-9-14(18)16-13(17-15(9)19)12-7-6-10-4-2-3-5-11(10)8-12/h2-5,12H,6-8H2,1H3,(H2,16,17,18,19). The van der Waals surface area contributed by atoms with E-state index < -0.39 is 0 Å². The molecule has 2 aromatic rings. The molecule has 0 aliphatic heterocycles. The second-order valence-corrected chi connectivity index (χ2v) is 5.11. The highest BCUT2D eigenvalue weighted by Crippen LogP contribution is 2.31. The van der Waals surface area contributed by atoms with Crippen LogP contribution in [-0.2, 0) is 12.8 Å². The number of aromatic nitrogens is 2. The lowest BCUT2D eigenvalue weighted by Crippen LogP contribution is -2.20. The molecule has 3 rings (SSSR count). The van der Waals surface area contributed by atoms with Gasteiger partial charge in [-0.25, -0.2) is 0 Å². The molecule has 0 amide bonds. The third kappa shape index (κ3) is 2.14. The molecule has 0 bridgehead atoms. The van der Waals surface area contributed by atoms with Gasteiger partial charge in [0.25, 0.3) is 5.56 Å². The molecule has 0 spiro atoms. The minimum Gasteiger partial charge on any atom is -0.493 e. The van der Waals surface area contributed by atoms with Gasteiger partial charge in [0.05, 0.1) is 5.56 Å². The second-order valence-electron chi connectivity index (χ2n) is 5.11. The number of nitrogens with one attached hydrogen (secondary N) is 1. The molecule has 0 saturated heterocycles. The number of nitrogens with zero attached hydrogens (tertiary/aromatic N) is 1. The van der Waals surface area contributed by atoms with Gasteiger partial charge in [-0.1, -0.05) is 24.3 Å². The van der Waals surface area contributed by atoms with Gasteiger partial charge in [-0.3, -0.25) is 4.79 Å². The quantitative estimate of drug-likeness (QED) is 0.820. The molecule has 1 aromatic heterocycles. The predicted molar refractivity (Wildman–Crippen MR) is 72.5 cm³/mol. The van der Waals surface area contributed by atoms with Crippen molar-refractivity contribution in [3.05, 3.63) is 57.1 Å². The molecule has 1 aliphatic rings. The zero-order chi connectivity index (χ0) is 13.4. The molecule has 1 aromatic carbocycles. The Labute approximate surface area is 111 Å². The summed E-state index contributed by atoms with van der Waals surface area (Å²) < 4.78 is 0. The number of aromatic hydroxyl groups is 1. The Balaban J connectivity index is 1.95. The van der Waals surface area contributed by atoms with Crippen LogP contribution >= 0.6 is 0 Å². The Bertz CT molecular complexity index is 676. The molecule has 1 heterocycles. The van der Waals surface area contributed by atoms with E-state index in [2.05, 4.69) is 28.2 Å². The van der Waals surface area contributed by atoms with Gasteiger partial charge in [-0.15, -0.1) is 0 Å². The first-order chi connectivity index (χ1) is 9.15. The van der Waals surface area contributed by atoms with Crippen LogP contribution in [0, 0.1) is 6.92 Å². The maximum Gasteiger partial charge on any atom is 0.257 e. The number of hydrogen-bond acceptors (Lipinski definition) is 3. The summed E-state index contributed by atoms with van der Waals surface area (Å²) in [7, 11) is 0. The lowest BCUT2D eigenvalue weighted by molar-refractivity contribution is 0.435. The van der Waals surface area contributed by atoms with E-state index in [1.807, 2.05) is 6.07 Å². The molecule has 0 radical (unpaired) electrons. The number of rotatable bonds is 1. The van der Waals surface area contributed by atoms with Crippen molar-refractivity contribution in [2.75, 3.05) is 0 Å². The molecule has 19 heavy (non-hydrogen) atoms. The molecule has 98 valence electrons. The third-order valence-electron chi connectivity index (χ3n) is 3.88. The largest absolute Gasteiger partial charge is 0.493 e. The molecule has 1 atom stereocenters. The second kappa shape index (κ2) is 4.53. The number of hydrogen-bond donors (Lipinski definition) is 2. The first-order valence-corrected chi connectivity index (χ1v) is 6.51. The van der Waals surface area contributed by atoms with E-state index in [-0.39, 0.29) is 22.9 Å². The Morgan fingerprint density at radius 1 is 1.32 bits per heavy atom. The minimum atomic E-state index is -0.249. The molecular formula is C15H16N2O2. The number of fused-ring (bicyclic) bond motifs is 1. The van der Waals surface area contributed by atoms with Crippen LogP contribution in [0.1, 0.15) is 34.9 Å². The molecule has 4 nitrogen and oxygen atoms in total. The van der Waals surface area contributed by atoms with Crippen molar-refractivity contribution in [3.8, 4) is 5.88 Å². The van der Waals surface area contributed by atoms with E-state index in [0.717, 1.165) is 19.3 Å². The zero-order valence-corrected chi connectivity index (χ0v) is 10.8. The summed E-state index contributed by atoms with van der Waals surface area (Å²) in [6, 6.07) is 8.35. The summed E-state index contributed by atoms with van der Waals surface area (Å²) in [5.41, 5.74) is 2.71. The monoisotopic (exact) mass is 256 g/mol. The number of benzene rings is 1. The Morgan fingerprint density at radius 3 is 2.79 bits per heavy atom. The Morgan fingerprint density at radius 2 is 2.05 bits per heavy atom. The highest BCUT2D eigenvalue weighted by atomic mass is 16.3. The fraction of sp³-hybridized carbons (Fsp3) is 0.333. The minimum absolute atomic E-state index is 0.155. The van der Waals surface area contributed by atoms with E-state index in [1.165, 1.54) is 11.1 Å². The fourth-order valence-electron chi connectivity index (χ4n) is 2.66. The molecule has 0 fully saturated rings. The fourth-order valence-corrected chi connectivity index (χ4v) is 2.66. The lowest BCUT2D eigenvalue weighted by Gasteiger charge is -2.23. The van der Waals surface area contributed by atoms with Gasteiger partial charge in [0.15, 0.2) is 0 Å². The van der Waals surface area contributed by atoms with Crippen molar-refractivity contribution in [3.63, 3.8) is 0 Å². The molecule has 1 unspecified atom stereocenters. The van der Waals surface area contributed by atoms with Crippen LogP contribution in [0.25, 0.3) is 0 Å². The normalized spacial score (nSPS) is 18.1. The topological polar surface area (TPSA) is 66.0 Å². The number of H-pyrrole nitrogens is 1. The number of aromatic amines is 1. The Kier molecular flexibility index (Phi) is 2.85. The van der Waals surface area contributed by atoms with E-state index in [0.29, 0.717) is 5.82 Å². The average Bonchev–Trinajstić information content (AvgIpc) is 2.43. The van der Waals surface area contributed by atoms with Gasteiger partial charge in [0, 0.05) is 5.92 Å². The van der Waals surface area contributed by atoms with Crippen LogP contribution in [0.5, 0.6) is 5.88 Å². The van der Waals surface area contributed by atoms with E-state index >= 15 is 0 Å². The summed E-state index contributed by atoms with van der Waals surface area (Å²) in [4.78, 5) is 18.6. The van der Waals surface area contributed by atoms with E-state index in [1.54, 1.807) is 6.92 Å². The molecule has 4 heteroatoms. The van der Waals surface area contributed by atoms with Gasteiger partial charge in [0.1, 0.15) is 5.82 Å². The van der Waals surface area contributed by atoms with Crippen LogP contribution in [0.2, 0.25) is 0 Å². The molecule has 2 N–H and O–H groups in total. The highest BCUT2D eigenvalue weighted by Gasteiger charge is 2.22. The van der Waals surface area contributed by atoms with Crippen LogP contribution in [0.3, 0.4) is 0 Å². The van der Waals surface area contributed by atoms with E-state index in [4.69, 9.17) is 0 Å². The maximum atomic E-state index is 11.7. The van der Waals surface area contributed by atoms with Gasteiger partial charge in [-0.05, 0) is 37.3 Å². The summed E-state index contributed by atoms with van der Waals surface area (Å²) >= 11 is 0. The van der Waals surface area contributed by atoms with Crippen molar-refractivity contribution in [1.29, 1.82) is 0 Å². The van der Waals surface area contributed by atoms with Crippen molar-refractivity contribution in [1.82, 2.24) is 9.97 Å². The zero-order valence-electron chi connectivity index (χ0n) is 10.8. The van der Waals surface area contributed by atoms with Gasteiger partial charge < -0.3 is 10.1 Å². The summed E-state index contributed by atoms with van der Waals surface area (Å²) in [6.07, 6.45) is 2.79. The maximum absolute atomic E-state index is 11.7. The van der Waals surface area contributed by atoms with Crippen LogP contribution in [0.15, 0.2) is 29.1 Å². The molecule has 1 aliphatic carbocycles. The van der Waals surface area contributed by atoms with Crippen LogP contribution in [0.4, 0.5) is 0 Å². The summed E-state index contributed by atoms with van der Waals surface area (Å²) in [5.74, 6) is 0.620. The molecular weight excluding hydrogens is 240 g/mol. The average molecular weight is 256 g/mol. The van der Waals surface area contributed by atoms with Crippen molar-refractivity contribution in [2.24, 2.45) is 0 Å². The first kappa shape index (κ1) is 12.0. The summed E-state index contributed by atoms with van der Waals surface area (Å²) in [5, 5.41) is 9.68. The van der Waals surface area contributed by atoms with Gasteiger partial charge in [0.2, 0.25) is 5.88 Å². The number of aryl methyl sites for hydroxylation is 1. The Hall–Kier alpha value is -2.10. The van der Waals surface area contributed by atoms with Gasteiger partial charge >= 0.3 is 0 Å². The van der Waals surface area contributed by atoms with Crippen LogP contribution in [-0.4, -0.2) is 15.1 Å². The predicted octanol–water partition coefficient (Wildman–Crippen LogP) is 2.06. The SMILES string of the molecule is Cc1c(O)nc(C2CCc3ccccc3C2)[nH]c1=O. The van der Waals surface area contributed by atoms with Crippen LogP contribution < -0.4 is 5.56 Å². The highest BCUT2D eigenvalue weighted by molar-refractivity contribution is 5.32. The van der Waals surface area contributed by atoms with E-state index in [9.17, 15) is 9.90 Å². The lowest BCUT2D eigenvalue weighted by atomic mass is 9.83. The first-order valence-electron chi connectivity index (χ1n) is 6.51. The summed E-state index contributed by atoms with van der Waals surface area (Å²) in [6.45, 7) is 1.57. The molecule has 0 saturated carbocycles. The van der Waals surface area contributed by atoms with Gasteiger partial charge in [-0.2, -0.15) is 4.98 Å². The third-order valence-corrected chi connectivity index (χ3v) is 3.88. The smallest absolute Gasteiger partial charge is 0.257 e. The van der Waals surface area contributed by atoms with Crippen molar-refractivity contribution >= 4 is 0 Å². The van der Waals surface area contributed by atoms with Crippen molar-refractivity contribution in [2.45, 2.75) is 32.1 Å².